The van der Waals surface area contributed by atoms with Crippen molar-refractivity contribution >= 4 is 24.2 Å². The van der Waals surface area contributed by atoms with E-state index in [1.807, 2.05) is 0 Å². The zero-order valence-corrected chi connectivity index (χ0v) is 13.9. The number of rotatable bonds is 4. The molecule has 2 saturated carbocycles. The molecule has 1 heterocycles. The van der Waals surface area contributed by atoms with Gasteiger partial charge in [-0.2, -0.15) is 0 Å². The van der Waals surface area contributed by atoms with Crippen molar-refractivity contribution in [1.29, 1.82) is 0 Å². The molecular weight excluding hydrogens is 312 g/mol. The molecule has 3 fully saturated rings. The van der Waals surface area contributed by atoms with E-state index >= 15 is 0 Å². The first kappa shape index (κ1) is 17.1. The average molecular weight is 336 g/mol. The van der Waals surface area contributed by atoms with Crippen molar-refractivity contribution in [1.82, 2.24) is 0 Å². The minimum Gasteiger partial charge on any atom is -0.469 e. The number of ether oxygens (including phenoxy) is 2. The summed E-state index contributed by atoms with van der Waals surface area (Å²) in [6.45, 7) is 0. The molecule has 0 aromatic rings. The van der Waals surface area contributed by atoms with Crippen molar-refractivity contribution in [3.05, 3.63) is 0 Å². The molecule has 0 bridgehead atoms. The normalized spacial score (nSPS) is 39.0. The molecule has 0 N–H and O–H groups in total. The van der Waals surface area contributed by atoms with Crippen LogP contribution < -0.4 is 0 Å². The van der Waals surface area contributed by atoms with E-state index in [0.29, 0.717) is 37.5 Å². The predicted octanol–water partition coefficient (Wildman–Crippen LogP) is 1.90. The first-order chi connectivity index (χ1) is 11.5. The lowest BCUT2D eigenvalue weighted by atomic mass is 9.68. The number of hydrogen-bond donors (Lipinski definition) is 0. The van der Waals surface area contributed by atoms with Crippen LogP contribution in [0.2, 0.25) is 0 Å². The maximum atomic E-state index is 11.9. The summed E-state index contributed by atoms with van der Waals surface area (Å²) >= 11 is 0. The Kier molecular flexibility index (Phi) is 5.01. The fraction of sp³-hybridized carbons (Fsp3) is 0.778. The minimum atomic E-state index is -0.369. The number of esters is 3. The molecule has 1 aliphatic heterocycles. The molecule has 3 aliphatic rings. The molecule has 6 unspecified atom stereocenters. The topological polar surface area (TPSA) is 86.7 Å². The van der Waals surface area contributed by atoms with Gasteiger partial charge in [-0.05, 0) is 56.8 Å². The first-order valence-corrected chi connectivity index (χ1v) is 8.82. The van der Waals surface area contributed by atoms with Gasteiger partial charge < -0.3 is 14.3 Å². The van der Waals surface area contributed by atoms with Crippen molar-refractivity contribution in [3.8, 4) is 0 Å². The third kappa shape index (κ3) is 3.23. The Balaban J connectivity index is 1.58. The Morgan fingerprint density at radius 2 is 1.75 bits per heavy atom. The van der Waals surface area contributed by atoms with Crippen LogP contribution in [0.15, 0.2) is 0 Å². The van der Waals surface area contributed by atoms with Crippen LogP contribution >= 0.6 is 0 Å². The molecule has 132 valence electrons. The molecule has 0 amide bonds. The molecule has 6 nitrogen and oxygen atoms in total. The van der Waals surface area contributed by atoms with Crippen molar-refractivity contribution in [2.75, 3.05) is 7.11 Å². The summed E-state index contributed by atoms with van der Waals surface area (Å²) in [5, 5.41) is 0. The van der Waals surface area contributed by atoms with Crippen LogP contribution in [0.1, 0.15) is 44.9 Å². The third-order valence-electron chi connectivity index (χ3n) is 6.12. The van der Waals surface area contributed by atoms with Crippen LogP contribution in [0.4, 0.5) is 0 Å². The van der Waals surface area contributed by atoms with Gasteiger partial charge in [-0.3, -0.25) is 14.4 Å². The fourth-order valence-electron chi connectivity index (χ4n) is 4.82. The summed E-state index contributed by atoms with van der Waals surface area (Å²) < 4.78 is 9.61. The zero-order chi connectivity index (χ0) is 17.3. The summed E-state index contributed by atoms with van der Waals surface area (Å²) in [4.78, 5) is 46.5. The SMILES string of the molecule is COC(=O)C1CC(CC2CCC3C(=O)OC(=O)C3C2)CCC1C=O. The van der Waals surface area contributed by atoms with Gasteiger partial charge in [0.05, 0.1) is 24.9 Å². The second kappa shape index (κ2) is 7.03. The van der Waals surface area contributed by atoms with Gasteiger partial charge in [-0.1, -0.05) is 0 Å². The molecular formula is C18H24O6. The van der Waals surface area contributed by atoms with Crippen molar-refractivity contribution in [2.24, 2.45) is 35.5 Å². The smallest absolute Gasteiger partial charge is 0.317 e. The Morgan fingerprint density at radius 3 is 2.46 bits per heavy atom. The molecule has 0 radical (unpaired) electrons. The number of methoxy groups -OCH3 is 1. The second-order valence-corrected chi connectivity index (χ2v) is 7.48. The van der Waals surface area contributed by atoms with Crippen LogP contribution in [0.3, 0.4) is 0 Å². The lowest BCUT2D eigenvalue weighted by molar-refractivity contribution is -0.154. The molecule has 6 heteroatoms. The molecule has 0 spiro atoms. The van der Waals surface area contributed by atoms with Crippen LogP contribution in [0, 0.1) is 35.5 Å². The number of fused-ring (bicyclic) bond motifs is 1. The van der Waals surface area contributed by atoms with Crippen molar-refractivity contribution < 1.29 is 28.7 Å². The lowest BCUT2D eigenvalue weighted by Crippen LogP contribution is -2.34. The van der Waals surface area contributed by atoms with E-state index in [1.165, 1.54) is 7.11 Å². The van der Waals surface area contributed by atoms with E-state index in [4.69, 9.17) is 9.47 Å². The first-order valence-electron chi connectivity index (χ1n) is 8.82. The van der Waals surface area contributed by atoms with E-state index in [2.05, 4.69) is 0 Å². The van der Waals surface area contributed by atoms with Gasteiger partial charge in [0.1, 0.15) is 6.29 Å². The van der Waals surface area contributed by atoms with Crippen molar-refractivity contribution in [2.45, 2.75) is 44.9 Å². The fourth-order valence-corrected chi connectivity index (χ4v) is 4.82. The number of carbonyl (C=O) groups is 4. The van der Waals surface area contributed by atoms with Crippen LogP contribution in [-0.2, 0) is 28.7 Å². The number of hydrogen-bond acceptors (Lipinski definition) is 6. The van der Waals surface area contributed by atoms with Crippen LogP contribution in [0.25, 0.3) is 0 Å². The Morgan fingerprint density at radius 1 is 1.08 bits per heavy atom. The summed E-state index contributed by atoms with van der Waals surface area (Å²) in [5.41, 5.74) is 0. The highest BCUT2D eigenvalue weighted by atomic mass is 16.6. The average Bonchev–Trinajstić information content (AvgIpc) is 2.88. The number of aldehydes is 1. The van der Waals surface area contributed by atoms with Crippen LogP contribution in [-0.4, -0.2) is 31.3 Å². The van der Waals surface area contributed by atoms with E-state index < -0.39 is 0 Å². The van der Waals surface area contributed by atoms with Gasteiger partial charge in [0.15, 0.2) is 0 Å². The standard InChI is InChI=1S/C18H24O6/c1-23-16(20)14-7-10(2-4-12(14)9-19)6-11-3-5-13-15(8-11)18(22)24-17(13)21/h9-15H,2-8H2,1H3. The van der Waals surface area contributed by atoms with Gasteiger partial charge in [0.2, 0.25) is 0 Å². The van der Waals surface area contributed by atoms with Crippen molar-refractivity contribution in [3.63, 3.8) is 0 Å². The summed E-state index contributed by atoms with van der Waals surface area (Å²) in [7, 11) is 1.36. The predicted molar refractivity (Wildman–Crippen MR) is 82.4 cm³/mol. The number of cyclic esters (lactones) is 2. The summed E-state index contributed by atoms with van der Waals surface area (Å²) in [5.74, 6) is -1.41. The largest absolute Gasteiger partial charge is 0.469 e. The van der Waals surface area contributed by atoms with E-state index in [9.17, 15) is 19.2 Å². The third-order valence-corrected chi connectivity index (χ3v) is 6.12. The van der Waals surface area contributed by atoms with Gasteiger partial charge in [-0.15, -0.1) is 0 Å². The molecule has 0 aromatic heterocycles. The van der Waals surface area contributed by atoms with E-state index in [1.54, 1.807) is 0 Å². The van der Waals surface area contributed by atoms with Gasteiger partial charge in [0.25, 0.3) is 0 Å². The monoisotopic (exact) mass is 336 g/mol. The number of carbonyl (C=O) groups excluding carboxylic acids is 4. The molecule has 1 saturated heterocycles. The van der Waals surface area contributed by atoms with Gasteiger partial charge in [0, 0.05) is 5.92 Å². The molecule has 6 atom stereocenters. The van der Waals surface area contributed by atoms with E-state index in [0.717, 1.165) is 25.5 Å². The summed E-state index contributed by atoms with van der Waals surface area (Å²) in [6.07, 6.45) is 6.45. The van der Waals surface area contributed by atoms with Gasteiger partial charge in [-0.25, -0.2) is 0 Å². The van der Waals surface area contributed by atoms with E-state index in [-0.39, 0.29) is 41.6 Å². The highest BCUT2D eigenvalue weighted by Gasteiger charge is 2.48. The molecule has 2 aliphatic carbocycles. The Labute approximate surface area is 141 Å². The van der Waals surface area contributed by atoms with Crippen LogP contribution in [0.5, 0.6) is 0 Å². The second-order valence-electron chi connectivity index (χ2n) is 7.48. The zero-order valence-electron chi connectivity index (χ0n) is 13.9. The molecule has 0 aromatic carbocycles. The minimum absolute atomic E-state index is 0.244. The molecule has 24 heavy (non-hydrogen) atoms. The molecule has 3 rings (SSSR count). The lowest BCUT2D eigenvalue weighted by Gasteiger charge is -2.35. The Bertz CT molecular complexity index is 542. The summed E-state index contributed by atoms with van der Waals surface area (Å²) in [6, 6.07) is 0. The highest BCUT2D eigenvalue weighted by Crippen LogP contribution is 2.44. The van der Waals surface area contributed by atoms with Gasteiger partial charge >= 0.3 is 17.9 Å². The Hall–Kier alpha value is -1.72. The quantitative estimate of drug-likeness (QED) is 0.443. The highest BCUT2D eigenvalue weighted by molar-refractivity contribution is 5.96. The maximum Gasteiger partial charge on any atom is 0.317 e. The maximum absolute atomic E-state index is 11.9.